The second-order valence-corrected chi connectivity index (χ2v) is 7.56. The Balaban J connectivity index is 5.24. The van der Waals surface area contributed by atoms with Gasteiger partial charge in [0.15, 0.2) is 0 Å². The summed E-state index contributed by atoms with van der Waals surface area (Å²) in [6.07, 6.45) is 0.773. The Labute approximate surface area is 166 Å². The SMILES string of the molecule is C=C(N)NCCC[C@H](NC(=O)C(C)(C)NC(C)=O)C(=O)N[C@H](C(N)=O)C(C)C. The van der Waals surface area contributed by atoms with Crippen LogP contribution in [0.3, 0.4) is 0 Å². The molecule has 0 radical (unpaired) electrons. The first-order valence-corrected chi connectivity index (χ1v) is 9.15. The van der Waals surface area contributed by atoms with Crippen molar-refractivity contribution in [2.24, 2.45) is 17.4 Å². The van der Waals surface area contributed by atoms with Crippen molar-refractivity contribution in [3.8, 4) is 0 Å². The van der Waals surface area contributed by atoms with Gasteiger partial charge in [-0.2, -0.15) is 0 Å². The lowest BCUT2D eigenvalue weighted by molar-refractivity contribution is -0.135. The first-order chi connectivity index (χ1) is 12.8. The minimum atomic E-state index is -1.21. The zero-order valence-electron chi connectivity index (χ0n) is 17.3. The minimum absolute atomic E-state index is 0.212. The van der Waals surface area contributed by atoms with Gasteiger partial charge in [0.2, 0.25) is 23.6 Å². The highest BCUT2D eigenvalue weighted by Gasteiger charge is 2.33. The van der Waals surface area contributed by atoms with Crippen molar-refractivity contribution in [3.05, 3.63) is 12.4 Å². The molecule has 160 valence electrons. The topological polar surface area (TPSA) is 168 Å². The Kier molecular flexibility index (Phi) is 10.0. The molecule has 0 bridgehead atoms. The summed E-state index contributed by atoms with van der Waals surface area (Å²) in [6.45, 7) is 11.8. The zero-order chi connectivity index (χ0) is 22.1. The highest BCUT2D eigenvalue weighted by atomic mass is 16.2. The first-order valence-electron chi connectivity index (χ1n) is 9.15. The number of carbonyl (C=O) groups is 4. The van der Waals surface area contributed by atoms with Gasteiger partial charge in [-0.05, 0) is 32.6 Å². The molecule has 0 aliphatic rings. The number of nitrogens with two attached hydrogens (primary N) is 2. The fourth-order valence-electron chi connectivity index (χ4n) is 2.48. The van der Waals surface area contributed by atoms with Gasteiger partial charge >= 0.3 is 0 Å². The summed E-state index contributed by atoms with van der Waals surface area (Å²) in [6, 6.07) is -1.79. The molecule has 0 spiro atoms. The largest absolute Gasteiger partial charge is 0.386 e. The third-order valence-corrected chi connectivity index (χ3v) is 3.97. The van der Waals surface area contributed by atoms with Crippen LogP contribution in [0.25, 0.3) is 0 Å². The van der Waals surface area contributed by atoms with Gasteiger partial charge in [0, 0.05) is 13.5 Å². The van der Waals surface area contributed by atoms with Crippen LogP contribution in [0, 0.1) is 5.92 Å². The van der Waals surface area contributed by atoms with Crippen molar-refractivity contribution >= 4 is 23.6 Å². The molecule has 0 heterocycles. The number of hydrogen-bond acceptors (Lipinski definition) is 6. The Morgan fingerprint density at radius 1 is 1.07 bits per heavy atom. The molecule has 0 aromatic rings. The van der Waals surface area contributed by atoms with Crippen LogP contribution in [0.15, 0.2) is 12.4 Å². The Morgan fingerprint density at radius 2 is 1.64 bits per heavy atom. The van der Waals surface area contributed by atoms with E-state index in [9.17, 15) is 19.2 Å². The maximum Gasteiger partial charge on any atom is 0.245 e. The van der Waals surface area contributed by atoms with E-state index < -0.39 is 35.3 Å². The van der Waals surface area contributed by atoms with E-state index in [1.54, 1.807) is 13.8 Å². The van der Waals surface area contributed by atoms with E-state index in [0.29, 0.717) is 18.8 Å². The molecule has 0 aromatic carbocycles. The van der Waals surface area contributed by atoms with E-state index >= 15 is 0 Å². The van der Waals surface area contributed by atoms with Crippen LogP contribution in [0.5, 0.6) is 0 Å². The molecular formula is C18H34N6O4. The molecule has 10 nitrogen and oxygen atoms in total. The predicted molar refractivity (Wildman–Crippen MR) is 106 cm³/mol. The summed E-state index contributed by atoms with van der Waals surface area (Å²) in [7, 11) is 0. The lowest BCUT2D eigenvalue weighted by atomic mass is 10.0. The Hall–Kier alpha value is -2.78. The van der Waals surface area contributed by atoms with Crippen LogP contribution in [0.1, 0.15) is 47.5 Å². The fourth-order valence-corrected chi connectivity index (χ4v) is 2.48. The normalized spacial score (nSPS) is 13.2. The lowest BCUT2D eigenvalue weighted by Gasteiger charge is -2.29. The van der Waals surface area contributed by atoms with E-state index in [-0.39, 0.29) is 18.2 Å². The highest BCUT2D eigenvalue weighted by Crippen LogP contribution is 2.07. The predicted octanol–water partition coefficient (Wildman–Crippen LogP) is -1.19. The average Bonchev–Trinajstić information content (AvgIpc) is 2.52. The molecular weight excluding hydrogens is 364 g/mol. The summed E-state index contributed by atoms with van der Waals surface area (Å²) in [4.78, 5) is 48.1. The van der Waals surface area contributed by atoms with Gasteiger partial charge in [-0.25, -0.2) is 0 Å². The van der Waals surface area contributed by atoms with E-state index in [0.717, 1.165) is 0 Å². The van der Waals surface area contributed by atoms with Gasteiger partial charge in [-0.3, -0.25) is 19.2 Å². The minimum Gasteiger partial charge on any atom is -0.386 e. The second kappa shape index (κ2) is 11.2. The summed E-state index contributed by atoms with van der Waals surface area (Å²) < 4.78 is 0. The van der Waals surface area contributed by atoms with Crippen molar-refractivity contribution in [1.82, 2.24) is 21.3 Å². The summed E-state index contributed by atoms with van der Waals surface area (Å²) in [5.74, 6) is -2.01. The summed E-state index contributed by atoms with van der Waals surface area (Å²) in [5, 5.41) is 10.6. The van der Waals surface area contributed by atoms with E-state index in [4.69, 9.17) is 11.5 Å². The van der Waals surface area contributed by atoms with Crippen molar-refractivity contribution in [2.75, 3.05) is 6.54 Å². The molecule has 0 fully saturated rings. The molecule has 0 aliphatic carbocycles. The van der Waals surface area contributed by atoms with E-state index in [1.807, 2.05) is 0 Å². The van der Waals surface area contributed by atoms with Crippen LogP contribution < -0.4 is 32.7 Å². The molecule has 2 atom stereocenters. The number of amides is 4. The number of rotatable bonds is 12. The third kappa shape index (κ3) is 9.24. The number of nitrogens with one attached hydrogen (secondary N) is 4. The standard InChI is InChI=1S/C18H34N6O4/c1-10(2)14(15(20)26)23-16(27)13(8-7-9-21-11(3)19)22-17(28)18(5,6)24-12(4)25/h10,13-14,21H,3,7-9,19H2,1-2,4-6H3,(H2,20,26)(H,22,28)(H,23,27)(H,24,25)/t13-,14-/m0/s1. The van der Waals surface area contributed by atoms with E-state index in [2.05, 4.69) is 27.8 Å². The molecule has 0 aliphatic heterocycles. The van der Waals surface area contributed by atoms with Crippen LogP contribution >= 0.6 is 0 Å². The first kappa shape index (κ1) is 25.2. The quantitative estimate of drug-likeness (QED) is 0.226. The molecule has 10 heteroatoms. The van der Waals surface area contributed by atoms with Crippen LogP contribution in [0.2, 0.25) is 0 Å². The summed E-state index contributed by atoms with van der Waals surface area (Å²) in [5.41, 5.74) is 9.57. The molecule has 0 saturated heterocycles. The second-order valence-electron chi connectivity index (χ2n) is 7.56. The van der Waals surface area contributed by atoms with Gasteiger partial charge in [-0.15, -0.1) is 0 Å². The van der Waals surface area contributed by atoms with E-state index in [1.165, 1.54) is 20.8 Å². The Bertz CT molecular complexity index is 603. The van der Waals surface area contributed by atoms with Crippen molar-refractivity contribution in [3.63, 3.8) is 0 Å². The monoisotopic (exact) mass is 398 g/mol. The Morgan fingerprint density at radius 3 is 2.07 bits per heavy atom. The smallest absolute Gasteiger partial charge is 0.245 e. The molecule has 0 rings (SSSR count). The molecule has 8 N–H and O–H groups in total. The van der Waals surface area contributed by atoms with Gasteiger partial charge in [0.1, 0.15) is 17.6 Å². The van der Waals surface area contributed by atoms with Crippen LogP contribution in [-0.2, 0) is 19.2 Å². The van der Waals surface area contributed by atoms with Gasteiger partial charge in [0.25, 0.3) is 0 Å². The molecule has 0 saturated carbocycles. The van der Waals surface area contributed by atoms with Gasteiger partial charge < -0.3 is 32.7 Å². The molecule has 0 aromatic heterocycles. The number of carbonyl (C=O) groups excluding carboxylic acids is 4. The van der Waals surface area contributed by atoms with Crippen molar-refractivity contribution in [2.45, 2.75) is 65.1 Å². The molecule has 28 heavy (non-hydrogen) atoms. The van der Waals surface area contributed by atoms with Crippen molar-refractivity contribution in [1.29, 1.82) is 0 Å². The van der Waals surface area contributed by atoms with Gasteiger partial charge in [-0.1, -0.05) is 20.4 Å². The maximum atomic E-state index is 12.7. The zero-order valence-corrected chi connectivity index (χ0v) is 17.3. The molecule has 4 amide bonds. The fraction of sp³-hybridized carbons (Fsp3) is 0.667. The van der Waals surface area contributed by atoms with Gasteiger partial charge in [0.05, 0.1) is 5.82 Å². The highest BCUT2D eigenvalue weighted by molar-refractivity contribution is 5.95. The third-order valence-electron chi connectivity index (χ3n) is 3.97. The van der Waals surface area contributed by atoms with Crippen LogP contribution in [0.4, 0.5) is 0 Å². The van der Waals surface area contributed by atoms with Crippen LogP contribution in [-0.4, -0.2) is 47.8 Å². The average molecular weight is 399 g/mol. The number of primary amides is 1. The maximum absolute atomic E-state index is 12.7. The summed E-state index contributed by atoms with van der Waals surface area (Å²) >= 11 is 0. The molecule has 0 unspecified atom stereocenters. The van der Waals surface area contributed by atoms with Crippen molar-refractivity contribution < 1.29 is 19.2 Å². The number of hydrogen-bond donors (Lipinski definition) is 6. The lowest BCUT2D eigenvalue weighted by Crippen LogP contribution is -2.60.